The maximum absolute atomic E-state index is 14.1. The van der Waals surface area contributed by atoms with Crippen molar-refractivity contribution in [3.05, 3.63) is 54.1 Å². The summed E-state index contributed by atoms with van der Waals surface area (Å²) in [6.45, 7) is 1.70. The molecule has 1 unspecified atom stereocenters. The Hall–Kier alpha value is -1.99. The number of hydrogen-bond donors (Lipinski definition) is 0. The maximum Gasteiger partial charge on any atom is 0.246 e. The van der Waals surface area contributed by atoms with Gasteiger partial charge in [0, 0.05) is 19.3 Å². The van der Waals surface area contributed by atoms with E-state index in [9.17, 15) is 12.8 Å². The molecule has 1 atom stereocenters. The molecular formula is C15H17FN2O3S. The lowest BCUT2D eigenvalue weighted by molar-refractivity contribution is 0.387. The van der Waals surface area contributed by atoms with Crippen LogP contribution in [0.3, 0.4) is 0 Å². The summed E-state index contributed by atoms with van der Waals surface area (Å²) >= 11 is 0. The summed E-state index contributed by atoms with van der Waals surface area (Å²) in [5.41, 5.74) is 0.586. The summed E-state index contributed by atoms with van der Waals surface area (Å²) < 4.78 is 45.2. The Kier molecular flexibility index (Phi) is 4.77. The maximum atomic E-state index is 14.1. The third kappa shape index (κ3) is 3.10. The number of ether oxygens (including phenoxy) is 1. The van der Waals surface area contributed by atoms with Gasteiger partial charge in [0.1, 0.15) is 16.5 Å². The normalized spacial score (nSPS) is 13.1. The average Bonchev–Trinajstić information content (AvgIpc) is 2.53. The van der Waals surface area contributed by atoms with Crippen molar-refractivity contribution in [2.45, 2.75) is 17.9 Å². The van der Waals surface area contributed by atoms with Gasteiger partial charge in [-0.25, -0.2) is 12.8 Å². The molecule has 0 N–H and O–H groups in total. The molecule has 1 aromatic heterocycles. The molecule has 5 nitrogen and oxygen atoms in total. The number of sulfonamides is 1. The Morgan fingerprint density at radius 2 is 2.00 bits per heavy atom. The summed E-state index contributed by atoms with van der Waals surface area (Å²) in [4.78, 5) is 3.75. The highest BCUT2D eigenvalue weighted by atomic mass is 32.2. The number of methoxy groups -OCH3 is 1. The molecule has 0 saturated heterocycles. The van der Waals surface area contributed by atoms with Gasteiger partial charge in [-0.3, -0.25) is 4.98 Å². The molecule has 0 amide bonds. The second-order valence-electron chi connectivity index (χ2n) is 4.75. The van der Waals surface area contributed by atoms with Gasteiger partial charge in [-0.05, 0) is 31.2 Å². The number of rotatable bonds is 5. The third-order valence-electron chi connectivity index (χ3n) is 3.46. The van der Waals surface area contributed by atoms with E-state index < -0.39 is 26.8 Å². The zero-order valence-corrected chi connectivity index (χ0v) is 13.3. The summed E-state index contributed by atoms with van der Waals surface area (Å²) in [5.74, 6) is -0.587. The monoisotopic (exact) mass is 324 g/mol. The van der Waals surface area contributed by atoms with Crippen molar-refractivity contribution in [2.24, 2.45) is 0 Å². The van der Waals surface area contributed by atoms with Gasteiger partial charge < -0.3 is 4.74 Å². The van der Waals surface area contributed by atoms with Crippen molar-refractivity contribution in [2.75, 3.05) is 14.2 Å². The molecular weight excluding hydrogens is 307 g/mol. The van der Waals surface area contributed by atoms with Crippen LogP contribution in [-0.2, 0) is 10.0 Å². The highest BCUT2D eigenvalue weighted by Crippen LogP contribution is 2.27. The number of aromatic nitrogens is 1. The van der Waals surface area contributed by atoms with Crippen LogP contribution in [0, 0.1) is 5.82 Å². The second-order valence-corrected chi connectivity index (χ2v) is 6.71. The first-order chi connectivity index (χ1) is 10.4. The zero-order valence-electron chi connectivity index (χ0n) is 12.5. The number of benzene rings is 1. The Bertz CT molecular complexity index is 751. The van der Waals surface area contributed by atoms with E-state index in [-0.39, 0.29) is 5.75 Å². The Morgan fingerprint density at radius 3 is 2.55 bits per heavy atom. The molecule has 2 rings (SSSR count). The molecule has 7 heteroatoms. The van der Waals surface area contributed by atoms with Gasteiger partial charge in [-0.1, -0.05) is 6.07 Å². The van der Waals surface area contributed by atoms with E-state index in [1.165, 1.54) is 26.3 Å². The molecule has 1 heterocycles. The lowest BCUT2D eigenvalue weighted by Crippen LogP contribution is -2.30. The molecule has 0 bridgehead atoms. The van der Waals surface area contributed by atoms with Crippen LogP contribution < -0.4 is 4.74 Å². The molecule has 22 heavy (non-hydrogen) atoms. The first-order valence-electron chi connectivity index (χ1n) is 6.60. The lowest BCUT2D eigenvalue weighted by Gasteiger charge is -2.24. The predicted octanol–water partition coefficient (Wildman–Crippen LogP) is 2.61. The van der Waals surface area contributed by atoms with Crippen molar-refractivity contribution in [1.29, 1.82) is 0 Å². The van der Waals surface area contributed by atoms with Crippen molar-refractivity contribution in [3.8, 4) is 5.75 Å². The number of halogens is 1. The van der Waals surface area contributed by atoms with Gasteiger partial charge in [0.2, 0.25) is 10.0 Å². The van der Waals surface area contributed by atoms with Crippen molar-refractivity contribution < 1.29 is 17.5 Å². The molecule has 0 spiro atoms. The number of nitrogens with zero attached hydrogens (tertiary/aromatic N) is 2. The summed E-state index contributed by atoms with van der Waals surface area (Å²) in [6, 6.07) is 8.38. The summed E-state index contributed by atoms with van der Waals surface area (Å²) in [6.07, 6.45) is 1.58. The molecule has 0 radical (unpaired) electrons. The van der Waals surface area contributed by atoms with Crippen molar-refractivity contribution in [3.63, 3.8) is 0 Å². The Morgan fingerprint density at radius 1 is 1.27 bits per heavy atom. The minimum absolute atomic E-state index is 0.261. The van der Waals surface area contributed by atoms with Gasteiger partial charge >= 0.3 is 0 Å². The van der Waals surface area contributed by atoms with Crippen molar-refractivity contribution in [1.82, 2.24) is 9.29 Å². The first-order valence-corrected chi connectivity index (χ1v) is 8.04. The van der Waals surface area contributed by atoms with Gasteiger partial charge in [0.05, 0.1) is 18.8 Å². The van der Waals surface area contributed by atoms with Gasteiger partial charge in [0.25, 0.3) is 0 Å². The SMILES string of the molecule is COc1ccc(S(=O)(=O)N(C)C(C)c2ccccn2)c(F)c1. The smallest absolute Gasteiger partial charge is 0.246 e. The molecule has 1 aromatic carbocycles. The van der Waals surface area contributed by atoms with Crippen LogP contribution in [-0.4, -0.2) is 31.9 Å². The number of hydrogen-bond acceptors (Lipinski definition) is 4. The molecule has 118 valence electrons. The minimum atomic E-state index is -3.98. The van der Waals surface area contributed by atoms with Crippen LogP contribution in [0.15, 0.2) is 47.5 Å². The van der Waals surface area contributed by atoms with E-state index in [0.29, 0.717) is 5.69 Å². The molecule has 0 saturated carbocycles. The highest BCUT2D eigenvalue weighted by Gasteiger charge is 2.29. The fraction of sp³-hybridized carbons (Fsp3) is 0.267. The van der Waals surface area contributed by atoms with Gasteiger partial charge in [0.15, 0.2) is 0 Å². The fourth-order valence-corrected chi connectivity index (χ4v) is 3.37. The van der Waals surface area contributed by atoms with Crippen LogP contribution >= 0.6 is 0 Å². The first kappa shape index (κ1) is 16.4. The highest BCUT2D eigenvalue weighted by molar-refractivity contribution is 7.89. The quantitative estimate of drug-likeness (QED) is 0.848. The van der Waals surface area contributed by atoms with Crippen LogP contribution in [0.2, 0.25) is 0 Å². The van der Waals surface area contributed by atoms with E-state index in [0.717, 1.165) is 10.4 Å². The van der Waals surface area contributed by atoms with Crippen LogP contribution in [0.25, 0.3) is 0 Å². The molecule has 0 aliphatic carbocycles. The van der Waals surface area contributed by atoms with E-state index in [1.807, 2.05) is 0 Å². The predicted molar refractivity (Wildman–Crippen MR) is 80.6 cm³/mol. The lowest BCUT2D eigenvalue weighted by atomic mass is 10.2. The summed E-state index contributed by atoms with van der Waals surface area (Å²) in [7, 11) is -1.19. The minimum Gasteiger partial charge on any atom is -0.497 e. The standard InChI is InChI=1S/C15H17FN2O3S/c1-11(14-6-4-5-9-17-14)18(2)22(19,20)15-8-7-12(21-3)10-13(15)16/h4-11H,1-3H3. The van der Waals surface area contributed by atoms with Gasteiger partial charge in [-0.15, -0.1) is 0 Å². The van der Waals surface area contributed by atoms with Crippen LogP contribution in [0.5, 0.6) is 5.75 Å². The molecule has 0 aliphatic heterocycles. The number of pyridine rings is 1. The summed E-state index contributed by atoms with van der Waals surface area (Å²) in [5, 5.41) is 0. The Balaban J connectivity index is 2.37. The van der Waals surface area contributed by atoms with Crippen LogP contribution in [0.1, 0.15) is 18.7 Å². The van der Waals surface area contributed by atoms with Crippen molar-refractivity contribution >= 4 is 10.0 Å². The molecule has 0 aliphatic rings. The average molecular weight is 324 g/mol. The fourth-order valence-electron chi connectivity index (χ4n) is 1.99. The molecule has 2 aromatic rings. The Labute approximate surface area is 129 Å². The zero-order chi connectivity index (χ0) is 16.3. The molecule has 0 fully saturated rings. The van der Waals surface area contributed by atoms with E-state index >= 15 is 0 Å². The van der Waals surface area contributed by atoms with E-state index in [2.05, 4.69) is 4.98 Å². The van der Waals surface area contributed by atoms with E-state index in [4.69, 9.17) is 4.74 Å². The largest absolute Gasteiger partial charge is 0.497 e. The van der Waals surface area contributed by atoms with Gasteiger partial charge in [-0.2, -0.15) is 4.31 Å². The second kappa shape index (κ2) is 6.41. The van der Waals surface area contributed by atoms with Crippen LogP contribution in [0.4, 0.5) is 4.39 Å². The van der Waals surface area contributed by atoms with E-state index in [1.54, 1.807) is 31.3 Å². The third-order valence-corrected chi connectivity index (χ3v) is 5.42. The topological polar surface area (TPSA) is 59.5 Å².